The van der Waals surface area contributed by atoms with E-state index < -0.39 is 17.4 Å². The molecule has 1 amide bonds. The first kappa shape index (κ1) is 19.8. The summed E-state index contributed by atoms with van der Waals surface area (Å²) in [5, 5.41) is 12.3. The molecule has 2 N–H and O–H groups in total. The molecule has 1 aromatic carbocycles. The van der Waals surface area contributed by atoms with Crippen LogP contribution in [0.2, 0.25) is 0 Å². The Kier molecular flexibility index (Phi) is 6.66. The minimum absolute atomic E-state index is 0.193. The third kappa shape index (κ3) is 4.77. The van der Waals surface area contributed by atoms with Crippen LogP contribution >= 0.6 is 0 Å². The van der Waals surface area contributed by atoms with Crippen LogP contribution in [0.15, 0.2) is 24.3 Å². The molecule has 0 bridgehead atoms. The third-order valence-electron chi connectivity index (χ3n) is 4.84. The van der Waals surface area contributed by atoms with E-state index in [0.29, 0.717) is 24.3 Å². The minimum atomic E-state index is -0.866. The number of carboxylic acid groups (broad SMARTS) is 1. The molecule has 0 spiro atoms. The third-order valence-corrected chi connectivity index (χ3v) is 4.84. The van der Waals surface area contributed by atoms with Gasteiger partial charge in [0.25, 0.3) is 5.91 Å². The highest BCUT2D eigenvalue weighted by Crippen LogP contribution is 2.34. The second kappa shape index (κ2) is 8.74. The number of benzene rings is 1. The van der Waals surface area contributed by atoms with E-state index in [4.69, 9.17) is 9.47 Å². The zero-order valence-corrected chi connectivity index (χ0v) is 15.6. The molecule has 1 saturated carbocycles. The molecule has 0 saturated heterocycles. The van der Waals surface area contributed by atoms with Crippen molar-refractivity contribution >= 4 is 18.0 Å². The van der Waals surface area contributed by atoms with Crippen LogP contribution in [0.3, 0.4) is 0 Å². The van der Waals surface area contributed by atoms with Crippen molar-refractivity contribution in [1.82, 2.24) is 5.32 Å². The summed E-state index contributed by atoms with van der Waals surface area (Å²) in [7, 11) is 1.54. The highest BCUT2D eigenvalue weighted by atomic mass is 16.5. The maximum absolute atomic E-state index is 12.3. The standard InChI is InChI=1S/C20H27NO5/c1-4-7-14-9-10-16(17(12-14)25-3)26-13-18(22)21-20(2)11-6-5-8-15(20)19(23)24/h4,7,9-10,12,15H,5-6,8,11,13H2,1-3H3,(H,21,22)(H,23,24)/b7-4+. The quantitative estimate of drug-likeness (QED) is 0.779. The zero-order chi connectivity index (χ0) is 19.2. The lowest BCUT2D eigenvalue weighted by molar-refractivity contribution is -0.146. The molecule has 0 radical (unpaired) electrons. The number of aliphatic carboxylic acids is 1. The van der Waals surface area contributed by atoms with Gasteiger partial charge in [-0.2, -0.15) is 0 Å². The van der Waals surface area contributed by atoms with Gasteiger partial charge < -0.3 is 19.9 Å². The van der Waals surface area contributed by atoms with Crippen molar-refractivity contribution in [1.29, 1.82) is 0 Å². The Morgan fingerprint density at radius 3 is 2.77 bits per heavy atom. The number of nitrogens with one attached hydrogen (secondary N) is 1. The van der Waals surface area contributed by atoms with Gasteiger partial charge in [0.15, 0.2) is 18.1 Å². The van der Waals surface area contributed by atoms with Crippen LogP contribution in [-0.4, -0.2) is 36.2 Å². The first-order valence-corrected chi connectivity index (χ1v) is 8.87. The van der Waals surface area contributed by atoms with Crippen molar-refractivity contribution in [3.8, 4) is 11.5 Å². The smallest absolute Gasteiger partial charge is 0.308 e. The molecule has 0 aromatic heterocycles. The normalized spacial score (nSPS) is 22.8. The molecule has 0 aliphatic heterocycles. The van der Waals surface area contributed by atoms with E-state index in [9.17, 15) is 14.7 Å². The second-order valence-electron chi connectivity index (χ2n) is 6.80. The van der Waals surface area contributed by atoms with Crippen molar-refractivity contribution < 1.29 is 24.2 Å². The predicted octanol–water partition coefficient (Wildman–Crippen LogP) is 3.26. The van der Waals surface area contributed by atoms with Gasteiger partial charge in [-0.25, -0.2) is 0 Å². The predicted molar refractivity (Wildman–Crippen MR) is 99.3 cm³/mol. The van der Waals surface area contributed by atoms with E-state index in [2.05, 4.69) is 5.32 Å². The molecule has 1 aliphatic carbocycles. The maximum Gasteiger partial charge on any atom is 0.308 e. The van der Waals surface area contributed by atoms with Crippen LogP contribution in [0, 0.1) is 5.92 Å². The summed E-state index contributed by atoms with van der Waals surface area (Å²) in [5.41, 5.74) is 0.227. The number of ether oxygens (including phenoxy) is 2. The van der Waals surface area contributed by atoms with Crippen LogP contribution in [-0.2, 0) is 9.59 Å². The highest BCUT2D eigenvalue weighted by Gasteiger charge is 2.42. The maximum atomic E-state index is 12.3. The largest absolute Gasteiger partial charge is 0.493 e. The Morgan fingerprint density at radius 1 is 1.35 bits per heavy atom. The van der Waals surface area contributed by atoms with Crippen molar-refractivity contribution in [2.75, 3.05) is 13.7 Å². The average molecular weight is 361 g/mol. The van der Waals surface area contributed by atoms with Crippen LogP contribution in [0.1, 0.15) is 45.1 Å². The Bertz CT molecular complexity index is 685. The van der Waals surface area contributed by atoms with Crippen molar-refractivity contribution in [3.05, 3.63) is 29.8 Å². The molecular weight excluding hydrogens is 334 g/mol. The fourth-order valence-corrected chi connectivity index (χ4v) is 3.48. The lowest BCUT2D eigenvalue weighted by Crippen LogP contribution is -2.56. The number of rotatable bonds is 7. The molecule has 2 unspecified atom stereocenters. The zero-order valence-electron chi connectivity index (χ0n) is 15.6. The lowest BCUT2D eigenvalue weighted by atomic mass is 9.74. The molecule has 2 rings (SSSR count). The molecular formula is C20H27NO5. The summed E-state index contributed by atoms with van der Waals surface area (Å²) in [4.78, 5) is 23.8. The number of allylic oxidation sites excluding steroid dienone is 1. The first-order chi connectivity index (χ1) is 12.4. The van der Waals surface area contributed by atoms with Gasteiger partial charge >= 0.3 is 5.97 Å². The highest BCUT2D eigenvalue weighted by molar-refractivity contribution is 5.80. The van der Waals surface area contributed by atoms with E-state index >= 15 is 0 Å². The van der Waals surface area contributed by atoms with E-state index in [0.717, 1.165) is 18.4 Å². The van der Waals surface area contributed by atoms with E-state index in [1.807, 2.05) is 31.2 Å². The van der Waals surface area contributed by atoms with Crippen molar-refractivity contribution in [2.24, 2.45) is 5.92 Å². The summed E-state index contributed by atoms with van der Waals surface area (Å²) in [6.45, 7) is 3.54. The van der Waals surface area contributed by atoms with Crippen LogP contribution in [0.4, 0.5) is 0 Å². The van der Waals surface area contributed by atoms with Crippen molar-refractivity contribution in [3.63, 3.8) is 0 Å². The summed E-state index contributed by atoms with van der Waals surface area (Å²) in [6.07, 6.45) is 6.86. The number of hydrogen-bond acceptors (Lipinski definition) is 4. The lowest BCUT2D eigenvalue weighted by Gasteiger charge is -2.39. The van der Waals surface area contributed by atoms with Crippen molar-refractivity contribution in [2.45, 2.75) is 45.1 Å². The van der Waals surface area contributed by atoms with E-state index in [1.54, 1.807) is 20.1 Å². The van der Waals surface area contributed by atoms with Gasteiger partial charge in [0, 0.05) is 0 Å². The number of carbonyl (C=O) groups excluding carboxylic acids is 1. The fraction of sp³-hybridized carbons (Fsp3) is 0.500. The number of amides is 1. The number of carboxylic acids is 1. The molecule has 2 atom stereocenters. The van der Waals surface area contributed by atoms with Gasteiger partial charge in [-0.15, -0.1) is 0 Å². The van der Waals surface area contributed by atoms with E-state index in [-0.39, 0.29) is 12.5 Å². The van der Waals surface area contributed by atoms with Gasteiger partial charge in [0.1, 0.15) is 0 Å². The summed E-state index contributed by atoms with van der Waals surface area (Å²) < 4.78 is 10.9. The minimum Gasteiger partial charge on any atom is -0.493 e. The van der Waals surface area contributed by atoms with Gasteiger partial charge in [-0.05, 0) is 44.4 Å². The number of methoxy groups -OCH3 is 1. The van der Waals surface area contributed by atoms with E-state index in [1.165, 1.54) is 0 Å². The fourth-order valence-electron chi connectivity index (χ4n) is 3.48. The van der Waals surface area contributed by atoms with Gasteiger partial charge in [0.2, 0.25) is 0 Å². The number of hydrogen-bond donors (Lipinski definition) is 2. The van der Waals surface area contributed by atoms with Crippen LogP contribution in [0.5, 0.6) is 11.5 Å². The Balaban J connectivity index is 2.01. The average Bonchev–Trinajstić information content (AvgIpc) is 2.60. The SMILES string of the molecule is C/C=C/c1ccc(OCC(=O)NC2(C)CCCCC2C(=O)O)c(OC)c1. The summed E-state index contributed by atoms with van der Waals surface area (Å²) >= 11 is 0. The first-order valence-electron chi connectivity index (χ1n) is 8.87. The van der Waals surface area contributed by atoms with Gasteiger partial charge in [-0.1, -0.05) is 31.1 Å². The number of carbonyl (C=O) groups is 2. The molecule has 6 nitrogen and oxygen atoms in total. The molecule has 1 fully saturated rings. The topological polar surface area (TPSA) is 84.9 Å². The molecule has 26 heavy (non-hydrogen) atoms. The van der Waals surface area contributed by atoms with Crippen LogP contribution < -0.4 is 14.8 Å². The monoisotopic (exact) mass is 361 g/mol. The summed E-state index contributed by atoms with van der Waals surface area (Å²) in [6, 6.07) is 5.46. The Labute approximate surface area is 154 Å². The second-order valence-corrected chi connectivity index (χ2v) is 6.80. The summed E-state index contributed by atoms with van der Waals surface area (Å²) in [5.74, 6) is -0.759. The van der Waals surface area contributed by atoms with Crippen LogP contribution in [0.25, 0.3) is 6.08 Å². The molecule has 0 heterocycles. The van der Waals surface area contributed by atoms with Gasteiger partial charge in [-0.3, -0.25) is 9.59 Å². The molecule has 6 heteroatoms. The molecule has 1 aliphatic rings. The molecule has 142 valence electrons. The van der Waals surface area contributed by atoms with Gasteiger partial charge in [0.05, 0.1) is 18.6 Å². The molecule has 1 aromatic rings. The Hall–Kier alpha value is -2.50. The Morgan fingerprint density at radius 2 is 2.12 bits per heavy atom.